The van der Waals surface area contributed by atoms with E-state index in [4.69, 9.17) is 10.6 Å². The zero-order valence-electron chi connectivity index (χ0n) is 16.9. The van der Waals surface area contributed by atoms with Crippen LogP contribution in [0.25, 0.3) is 0 Å². The number of carbonyl (C=O) groups is 2. The van der Waals surface area contributed by atoms with E-state index in [0.717, 1.165) is 12.0 Å². The zero-order valence-corrected chi connectivity index (χ0v) is 16.9. The topological polar surface area (TPSA) is 97.0 Å². The SMILES string of the molecule is CCN(CC)C(=O)c1ccc(NC(=O)CO/N=C(\N)CCc2ccccc2)cc1. The highest BCUT2D eigenvalue weighted by Gasteiger charge is 2.12. The van der Waals surface area contributed by atoms with Crippen LogP contribution in [0.3, 0.4) is 0 Å². The van der Waals surface area contributed by atoms with Crippen molar-refractivity contribution in [3.63, 3.8) is 0 Å². The Morgan fingerprint density at radius 3 is 2.31 bits per heavy atom. The molecule has 0 atom stereocenters. The molecule has 0 aliphatic carbocycles. The van der Waals surface area contributed by atoms with Crippen molar-refractivity contribution in [3.05, 3.63) is 65.7 Å². The van der Waals surface area contributed by atoms with Crippen molar-refractivity contribution in [2.75, 3.05) is 25.0 Å². The molecule has 0 fully saturated rings. The van der Waals surface area contributed by atoms with Crippen LogP contribution in [0, 0.1) is 0 Å². The lowest BCUT2D eigenvalue weighted by molar-refractivity contribution is -0.120. The number of rotatable bonds is 10. The summed E-state index contributed by atoms with van der Waals surface area (Å²) in [5, 5.41) is 6.48. The maximum atomic E-state index is 12.3. The first-order chi connectivity index (χ1) is 14.0. The molecule has 2 rings (SSSR count). The van der Waals surface area contributed by atoms with Crippen LogP contribution in [0.2, 0.25) is 0 Å². The van der Waals surface area contributed by atoms with E-state index in [1.807, 2.05) is 44.2 Å². The molecule has 0 heterocycles. The number of hydrogen-bond donors (Lipinski definition) is 2. The first-order valence-corrected chi connectivity index (χ1v) is 9.70. The Balaban J connectivity index is 1.76. The summed E-state index contributed by atoms with van der Waals surface area (Å²) in [4.78, 5) is 31.0. The standard InChI is InChI=1S/C22H28N4O3/c1-3-26(4-2)22(28)18-11-13-19(14-12-18)24-21(27)16-29-25-20(23)15-10-17-8-6-5-7-9-17/h5-9,11-14H,3-4,10,15-16H2,1-2H3,(H2,23,25)(H,24,27). The molecule has 0 saturated carbocycles. The van der Waals surface area contributed by atoms with Gasteiger partial charge in [0.25, 0.3) is 11.8 Å². The van der Waals surface area contributed by atoms with Crippen LogP contribution in [0.15, 0.2) is 59.8 Å². The lowest BCUT2D eigenvalue weighted by atomic mass is 10.1. The van der Waals surface area contributed by atoms with Crippen LogP contribution in [0.5, 0.6) is 0 Å². The molecule has 2 aromatic rings. The highest BCUT2D eigenvalue weighted by Crippen LogP contribution is 2.12. The van der Waals surface area contributed by atoms with Crippen LogP contribution in [0.4, 0.5) is 5.69 Å². The number of anilines is 1. The molecule has 29 heavy (non-hydrogen) atoms. The van der Waals surface area contributed by atoms with E-state index in [1.54, 1.807) is 29.2 Å². The normalized spacial score (nSPS) is 11.0. The van der Waals surface area contributed by atoms with Crippen molar-refractivity contribution in [2.24, 2.45) is 10.9 Å². The quantitative estimate of drug-likeness (QED) is 0.366. The Morgan fingerprint density at radius 1 is 1.03 bits per heavy atom. The molecule has 3 N–H and O–H groups in total. The Kier molecular flexibility index (Phi) is 8.69. The molecule has 2 amide bonds. The van der Waals surface area contributed by atoms with Crippen molar-refractivity contribution < 1.29 is 14.4 Å². The molecule has 0 radical (unpaired) electrons. The van der Waals surface area contributed by atoms with Crippen LogP contribution in [-0.2, 0) is 16.1 Å². The predicted molar refractivity (Wildman–Crippen MR) is 115 cm³/mol. The predicted octanol–water partition coefficient (Wildman–Crippen LogP) is 3.03. The third kappa shape index (κ3) is 7.29. The van der Waals surface area contributed by atoms with Crippen molar-refractivity contribution in [1.82, 2.24) is 4.90 Å². The lowest BCUT2D eigenvalue weighted by Crippen LogP contribution is -2.30. The Labute approximate surface area is 171 Å². The van der Waals surface area contributed by atoms with Crippen LogP contribution < -0.4 is 11.1 Å². The van der Waals surface area contributed by atoms with Crippen LogP contribution in [-0.4, -0.2) is 42.2 Å². The van der Waals surface area contributed by atoms with Crippen molar-refractivity contribution in [2.45, 2.75) is 26.7 Å². The van der Waals surface area contributed by atoms with Gasteiger partial charge in [-0.15, -0.1) is 0 Å². The Bertz CT molecular complexity index is 816. The number of oxime groups is 1. The van der Waals surface area contributed by atoms with E-state index in [1.165, 1.54) is 0 Å². The number of nitrogens with one attached hydrogen (secondary N) is 1. The highest BCUT2D eigenvalue weighted by atomic mass is 16.6. The van der Waals surface area contributed by atoms with Crippen molar-refractivity contribution >= 4 is 23.3 Å². The van der Waals surface area contributed by atoms with Gasteiger partial charge in [-0.2, -0.15) is 0 Å². The van der Waals surface area contributed by atoms with E-state index >= 15 is 0 Å². The molecule has 0 aliphatic heterocycles. The number of amidine groups is 1. The molecule has 0 unspecified atom stereocenters. The van der Waals surface area contributed by atoms with Crippen LogP contribution in [0.1, 0.15) is 36.2 Å². The Morgan fingerprint density at radius 2 is 1.69 bits per heavy atom. The number of aryl methyl sites for hydroxylation is 1. The van der Waals surface area contributed by atoms with Crippen molar-refractivity contribution in [3.8, 4) is 0 Å². The molecule has 0 aromatic heterocycles. The fraction of sp³-hybridized carbons (Fsp3) is 0.318. The summed E-state index contributed by atoms with van der Waals surface area (Å²) in [5.74, 6) is -0.0510. The van der Waals surface area contributed by atoms with Gasteiger partial charge in [-0.1, -0.05) is 35.5 Å². The minimum absolute atomic E-state index is 0.0310. The molecule has 2 aromatic carbocycles. The van der Waals surface area contributed by atoms with E-state index in [9.17, 15) is 9.59 Å². The molecule has 7 nitrogen and oxygen atoms in total. The highest BCUT2D eigenvalue weighted by molar-refractivity contribution is 5.96. The summed E-state index contributed by atoms with van der Waals surface area (Å²) < 4.78 is 0. The van der Waals surface area contributed by atoms with Gasteiger partial charge in [-0.3, -0.25) is 9.59 Å². The van der Waals surface area contributed by atoms with Gasteiger partial charge in [0, 0.05) is 30.8 Å². The van der Waals surface area contributed by atoms with Gasteiger partial charge in [0.1, 0.15) is 5.84 Å². The van der Waals surface area contributed by atoms with Gasteiger partial charge in [-0.25, -0.2) is 0 Å². The molecule has 7 heteroatoms. The lowest BCUT2D eigenvalue weighted by Gasteiger charge is -2.18. The molecule has 154 valence electrons. The van der Waals surface area contributed by atoms with Gasteiger partial charge in [0.15, 0.2) is 6.61 Å². The number of nitrogens with zero attached hydrogens (tertiary/aromatic N) is 2. The number of carbonyl (C=O) groups excluding carboxylic acids is 2. The maximum absolute atomic E-state index is 12.3. The molecular formula is C22H28N4O3. The molecule has 0 aliphatic rings. The second-order valence-corrected chi connectivity index (χ2v) is 6.44. The van der Waals surface area contributed by atoms with Gasteiger partial charge in [-0.05, 0) is 50.1 Å². The van der Waals surface area contributed by atoms with Gasteiger partial charge >= 0.3 is 0 Å². The Hall–Kier alpha value is -3.35. The van der Waals surface area contributed by atoms with E-state index < -0.39 is 0 Å². The molecule has 0 bridgehead atoms. The van der Waals surface area contributed by atoms with Gasteiger partial charge in [0.05, 0.1) is 0 Å². The first-order valence-electron chi connectivity index (χ1n) is 9.70. The molecular weight excluding hydrogens is 368 g/mol. The fourth-order valence-corrected chi connectivity index (χ4v) is 2.72. The van der Waals surface area contributed by atoms with Gasteiger partial charge < -0.3 is 20.8 Å². The van der Waals surface area contributed by atoms with E-state index in [-0.39, 0.29) is 18.4 Å². The molecule has 0 spiro atoms. The second kappa shape index (κ2) is 11.5. The summed E-state index contributed by atoms with van der Waals surface area (Å²) in [5.41, 5.74) is 8.13. The summed E-state index contributed by atoms with van der Waals surface area (Å²) in [6.07, 6.45) is 1.30. The summed E-state index contributed by atoms with van der Waals surface area (Å²) in [6.45, 7) is 4.94. The minimum atomic E-state index is -0.354. The fourth-order valence-electron chi connectivity index (χ4n) is 2.72. The summed E-state index contributed by atoms with van der Waals surface area (Å²) >= 11 is 0. The number of nitrogens with two attached hydrogens (primary N) is 1. The monoisotopic (exact) mass is 396 g/mol. The van der Waals surface area contributed by atoms with Crippen LogP contribution >= 0.6 is 0 Å². The largest absolute Gasteiger partial charge is 0.384 e. The number of hydrogen-bond acceptors (Lipinski definition) is 4. The van der Waals surface area contributed by atoms with Crippen molar-refractivity contribution in [1.29, 1.82) is 0 Å². The third-order valence-corrected chi connectivity index (χ3v) is 4.36. The van der Waals surface area contributed by atoms with Gasteiger partial charge in [0.2, 0.25) is 0 Å². The zero-order chi connectivity index (χ0) is 21.1. The average molecular weight is 396 g/mol. The maximum Gasteiger partial charge on any atom is 0.265 e. The second-order valence-electron chi connectivity index (χ2n) is 6.44. The molecule has 0 saturated heterocycles. The first kappa shape index (κ1) is 21.9. The third-order valence-electron chi connectivity index (χ3n) is 4.36. The smallest absolute Gasteiger partial charge is 0.265 e. The van der Waals surface area contributed by atoms with E-state index in [0.29, 0.717) is 36.6 Å². The summed E-state index contributed by atoms with van der Waals surface area (Å²) in [7, 11) is 0. The number of benzene rings is 2. The minimum Gasteiger partial charge on any atom is -0.384 e. The average Bonchev–Trinajstić information content (AvgIpc) is 2.74. The van der Waals surface area contributed by atoms with E-state index in [2.05, 4.69) is 10.5 Å². The summed E-state index contributed by atoms with van der Waals surface area (Å²) in [6, 6.07) is 16.7. The number of amides is 2.